The Morgan fingerprint density at radius 2 is 2.15 bits per heavy atom. The van der Waals surface area contributed by atoms with Gasteiger partial charge in [-0.25, -0.2) is 4.68 Å². The van der Waals surface area contributed by atoms with Crippen LogP contribution in [0.1, 0.15) is 23.2 Å². The van der Waals surface area contributed by atoms with Gasteiger partial charge in [0, 0.05) is 18.2 Å². The first-order valence-corrected chi connectivity index (χ1v) is 6.61. The zero-order chi connectivity index (χ0) is 13.9. The fourth-order valence-corrected chi connectivity index (χ4v) is 2.05. The summed E-state index contributed by atoms with van der Waals surface area (Å²) in [4.78, 5) is 12.0. The molecule has 0 saturated heterocycles. The van der Waals surface area contributed by atoms with Crippen LogP contribution in [0.5, 0.6) is 0 Å². The van der Waals surface area contributed by atoms with Gasteiger partial charge in [-0.3, -0.25) is 4.79 Å². The molecule has 1 amide bonds. The maximum Gasteiger partial charge on any atom is 0.251 e. The Bertz CT molecular complexity index is 575. The lowest BCUT2D eigenvalue weighted by molar-refractivity contribution is 0.0950. The number of nitrogens with two attached hydrogens (primary N) is 1. The normalized spacial score (nSPS) is 15.8. The van der Waals surface area contributed by atoms with Gasteiger partial charge in [0.1, 0.15) is 6.33 Å². The maximum atomic E-state index is 12.0. The van der Waals surface area contributed by atoms with Crippen molar-refractivity contribution in [2.45, 2.75) is 18.9 Å². The van der Waals surface area contributed by atoms with Crippen molar-refractivity contribution in [3.8, 4) is 5.69 Å². The SMILES string of the molecule is NC(CNC(=O)c1ccc(-n2cnnn2)cc1)C1CC1. The van der Waals surface area contributed by atoms with Gasteiger partial charge in [-0.2, -0.15) is 0 Å². The van der Waals surface area contributed by atoms with Crippen molar-refractivity contribution in [3.05, 3.63) is 36.2 Å². The van der Waals surface area contributed by atoms with Gasteiger partial charge >= 0.3 is 0 Å². The third-order valence-electron chi connectivity index (χ3n) is 3.47. The molecule has 0 radical (unpaired) electrons. The molecular formula is C13H16N6O. The van der Waals surface area contributed by atoms with Crippen LogP contribution in [-0.2, 0) is 0 Å². The number of aromatic nitrogens is 4. The van der Waals surface area contributed by atoms with Crippen LogP contribution in [0.3, 0.4) is 0 Å². The number of benzene rings is 1. The van der Waals surface area contributed by atoms with Gasteiger partial charge in [-0.1, -0.05) is 0 Å². The van der Waals surface area contributed by atoms with Gasteiger partial charge in [-0.05, 0) is 53.5 Å². The van der Waals surface area contributed by atoms with E-state index in [0.29, 0.717) is 18.0 Å². The number of tetrazole rings is 1. The summed E-state index contributed by atoms with van der Waals surface area (Å²) in [6, 6.07) is 7.15. The molecule has 1 fully saturated rings. The smallest absolute Gasteiger partial charge is 0.251 e. The second-order valence-corrected chi connectivity index (χ2v) is 5.01. The molecule has 1 aromatic heterocycles. The zero-order valence-corrected chi connectivity index (χ0v) is 10.9. The molecule has 0 bridgehead atoms. The molecule has 3 rings (SSSR count). The Labute approximate surface area is 116 Å². The molecule has 20 heavy (non-hydrogen) atoms. The van der Waals surface area contributed by atoms with Crippen molar-refractivity contribution in [1.82, 2.24) is 25.5 Å². The summed E-state index contributed by atoms with van der Waals surface area (Å²) in [5.41, 5.74) is 7.36. The molecule has 104 valence electrons. The van der Waals surface area contributed by atoms with Crippen molar-refractivity contribution in [1.29, 1.82) is 0 Å². The second-order valence-electron chi connectivity index (χ2n) is 5.01. The van der Waals surface area contributed by atoms with E-state index in [1.807, 2.05) is 0 Å². The monoisotopic (exact) mass is 272 g/mol. The standard InChI is InChI=1S/C13H16N6O/c14-12(9-1-2-9)7-15-13(20)10-3-5-11(6-4-10)19-8-16-17-18-19/h3-6,8-9,12H,1-2,7,14H2,(H,15,20). The molecule has 0 spiro atoms. The maximum absolute atomic E-state index is 12.0. The van der Waals surface area contributed by atoms with Gasteiger partial charge in [0.25, 0.3) is 5.91 Å². The van der Waals surface area contributed by atoms with Crippen LogP contribution in [0, 0.1) is 5.92 Å². The van der Waals surface area contributed by atoms with Gasteiger partial charge in [-0.15, -0.1) is 5.10 Å². The lowest BCUT2D eigenvalue weighted by Crippen LogP contribution is -2.38. The molecule has 7 heteroatoms. The highest BCUT2D eigenvalue weighted by molar-refractivity contribution is 5.94. The van der Waals surface area contributed by atoms with E-state index >= 15 is 0 Å². The van der Waals surface area contributed by atoms with Gasteiger partial charge in [0.2, 0.25) is 0 Å². The summed E-state index contributed by atoms with van der Waals surface area (Å²) in [5, 5.41) is 13.8. The predicted molar refractivity (Wildman–Crippen MR) is 72.2 cm³/mol. The number of nitrogens with zero attached hydrogens (tertiary/aromatic N) is 4. The molecule has 7 nitrogen and oxygen atoms in total. The van der Waals surface area contributed by atoms with Crippen molar-refractivity contribution < 1.29 is 4.79 Å². The van der Waals surface area contributed by atoms with Gasteiger partial charge < -0.3 is 11.1 Å². The molecule has 1 unspecified atom stereocenters. The van der Waals surface area contributed by atoms with Crippen LogP contribution in [0.25, 0.3) is 5.69 Å². The second kappa shape index (κ2) is 5.38. The van der Waals surface area contributed by atoms with Crippen molar-refractivity contribution in [2.75, 3.05) is 6.54 Å². The Morgan fingerprint density at radius 3 is 2.75 bits per heavy atom. The molecular weight excluding hydrogens is 256 g/mol. The largest absolute Gasteiger partial charge is 0.350 e. The predicted octanol–water partition coefficient (Wildman–Crippen LogP) is 0.129. The van der Waals surface area contributed by atoms with E-state index in [1.54, 1.807) is 24.3 Å². The fourth-order valence-electron chi connectivity index (χ4n) is 2.05. The Balaban J connectivity index is 1.60. The van der Waals surface area contributed by atoms with E-state index in [-0.39, 0.29) is 11.9 Å². The van der Waals surface area contributed by atoms with Gasteiger partial charge in [0.15, 0.2) is 0 Å². The highest BCUT2D eigenvalue weighted by Gasteiger charge is 2.28. The Hall–Kier alpha value is -2.28. The minimum Gasteiger partial charge on any atom is -0.350 e. The third kappa shape index (κ3) is 2.83. The van der Waals surface area contributed by atoms with Crippen LogP contribution in [0.2, 0.25) is 0 Å². The van der Waals surface area contributed by atoms with Crippen LogP contribution >= 0.6 is 0 Å². The average Bonchev–Trinajstić information content (AvgIpc) is 3.19. The highest BCUT2D eigenvalue weighted by Crippen LogP contribution is 2.31. The summed E-state index contributed by atoms with van der Waals surface area (Å²) in [6.45, 7) is 0.526. The molecule has 0 aliphatic heterocycles. The van der Waals surface area contributed by atoms with Crippen LogP contribution < -0.4 is 11.1 Å². The summed E-state index contributed by atoms with van der Waals surface area (Å²) in [6.07, 6.45) is 3.86. The van der Waals surface area contributed by atoms with Crippen LogP contribution in [0.4, 0.5) is 0 Å². The first-order chi connectivity index (χ1) is 9.74. The van der Waals surface area contributed by atoms with E-state index in [9.17, 15) is 4.79 Å². The minimum atomic E-state index is -0.107. The Morgan fingerprint density at radius 1 is 1.40 bits per heavy atom. The first kappa shape index (κ1) is 12.7. The molecule has 1 heterocycles. The van der Waals surface area contributed by atoms with E-state index in [0.717, 1.165) is 5.69 Å². The topological polar surface area (TPSA) is 98.7 Å². The summed E-state index contributed by atoms with van der Waals surface area (Å²) < 4.78 is 1.53. The fraction of sp³-hybridized carbons (Fsp3) is 0.385. The third-order valence-corrected chi connectivity index (χ3v) is 3.47. The van der Waals surface area contributed by atoms with Crippen molar-refractivity contribution in [2.24, 2.45) is 11.7 Å². The zero-order valence-electron chi connectivity index (χ0n) is 10.9. The summed E-state index contributed by atoms with van der Waals surface area (Å²) in [5.74, 6) is 0.474. The lowest BCUT2D eigenvalue weighted by Gasteiger charge is -2.11. The molecule has 1 aromatic carbocycles. The van der Waals surface area contributed by atoms with Crippen LogP contribution in [-0.4, -0.2) is 38.7 Å². The van der Waals surface area contributed by atoms with E-state index in [1.165, 1.54) is 23.9 Å². The molecule has 1 atom stereocenters. The summed E-state index contributed by atoms with van der Waals surface area (Å²) >= 11 is 0. The number of carbonyl (C=O) groups excluding carboxylic acids is 1. The van der Waals surface area contributed by atoms with E-state index in [2.05, 4.69) is 20.8 Å². The molecule has 1 saturated carbocycles. The summed E-state index contributed by atoms with van der Waals surface area (Å²) in [7, 11) is 0. The first-order valence-electron chi connectivity index (χ1n) is 6.61. The van der Waals surface area contributed by atoms with Gasteiger partial charge in [0.05, 0.1) is 5.69 Å². The molecule has 3 N–H and O–H groups in total. The highest BCUT2D eigenvalue weighted by atomic mass is 16.1. The number of hydrogen-bond acceptors (Lipinski definition) is 5. The van der Waals surface area contributed by atoms with E-state index < -0.39 is 0 Å². The van der Waals surface area contributed by atoms with E-state index in [4.69, 9.17) is 5.73 Å². The number of nitrogens with one attached hydrogen (secondary N) is 1. The number of hydrogen-bond donors (Lipinski definition) is 2. The molecule has 2 aromatic rings. The number of amides is 1. The average molecular weight is 272 g/mol. The van der Waals surface area contributed by atoms with Crippen molar-refractivity contribution >= 4 is 5.91 Å². The molecule has 1 aliphatic rings. The minimum absolute atomic E-state index is 0.0689. The lowest BCUT2D eigenvalue weighted by atomic mass is 10.1. The number of carbonyl (C=O) groups is 1. The quantitative estimate of drug-likeness (QED) is 0.806. The van der Waals surface area contributed by atoms with Crippen molar-refractivity contribution in [3.63, 3.8) is 0 Å². The van der Waals surface area contributed by atoms with Crippen LogP contribution in [0.15, 0.2) is 30.6 Å². The number of rotatable bonds is 5. The molecule has 1 aliphatic carbocycles. The Kier molecular flexibility index (Phi) is 3.42.